The molecular formula is C28H30BrNO5. The highest BCUT2D eigenvalue weighted by Gasteiger charge is 2.41. The lowest BCUT2D eigenvalue weighted by Gasteiger charge is -2.36. The number of hydrogen-bond acceptors (Lipinski definition) is 6. The van der Waals surface area contributed by atoms with Crippen molar-refractivity contribution in [2.75, 3.05) is 20.8 Å². The molecule has 6 nitrogen and oxygen atoms in total. The van der Waals surface area contributed by atoms with Gasteiger partial charge in [0.15, 0.2) is 5.78 Å². The molecule has 4 rings (SSSR count). The van der Waals surface area contributed by atoms with E-state index in [1.54, 1.807) is 14.2 Å². The van der Waals surface area contributed by atoms with E-state index in [4.69, 9.17) is 14.2 Å². The van der Waals surface area contributed by atoms with Crippen LogP contribution in [0.1, 0.15) is 56.1 Å². The van der Waals surface area contributed by atoms with Crippen LogP contribution >= 0.6 is 15.9 Å². The summed E-state index contributed by atoms with van der Waals surface area (Å²) in [6.07, 6.45) is 1.77. The van der Waals surface area contributed by atoms with Gasteiger partial charge < -0.3 is 19.5 Å². The van der Waals surface area contributed by atoms with Crippen molar-refractivity contribution in [3.63, 3.8) is 0 Å². The zero-order chi connectivity index (χ0) is 25.1. The van der Waals surface area contributed by atoms with Crippen molar-refractivity contribution in [3.8, 4) is 11.5 Å². The molecule has 7 heteroatoms. The molecule has 1 N–H and O–H groups in total. The first-order valence-electron chi connectivity index (χ1n) is 11.8. The molecule has 2 atom stereocenters. The van der Waals surface area contributed by atoms with E-state index in [1.807, 2.05) is 56.3 Å². The quantitative estimate of drug-likeness (QED) is 0.449. The number of dihydropyridines is 1. The average Bonchev–Trinajstić information content (AvgIpc) is 2.86. The number of Topliss-reactive ketones (excluding diaryl/α,β-unsaturated/α-hetero) is 1. The third-order valence-electron chi connectivity index (χ3n) is 6.58. The zero-order valence-electron chi connectivity index (χ0n) is 20.4. The number of methoxy groups -OCH3 is 2. The second kappa shape index (κ2) is 10.7. The second-order valence-corrected chi connectivity index (χ2v) is 9.67. The molecule has 1 aliphatic heterocycles. The summed E-state index contributed by atoms with van der Waals surface area (Å²) in [7, 11) is 3.24. The van der Waals surface area contributed by atoms with E-state index in [2.05, 4.69) is 21.2 Å². The normalized spacial score (nSPS) is 19.7. The van der Waals surface area contributed by atoms with Gasteiger partial charge in [-0.05, 0) is 77.0 Å². The molecule has 0 bridgehead atoms. The fourth-order valence-corrected chi connectivity index (χ4v) is 5.45. The largest absolute Gasteiger partial charge is 0.497 e. The van der Waals surface area contributed by atoms with Crippen molar-refractivity contribution in [2.24, 2.45) is 0 Å². The lowest BCUT2D eigenvalue weighted by atomic mass is 9.71. The summed E-state index contributed by atoms with van der Waals surface area (Å²) in [6, 6.07) is 13.5. The first-order chi connectivity index (χ1) is 16.9. The molecule has 0 saturated carbocycles. The van der Waals surface area contributed by atoms with Crippen LogP contribution in [-0.2, 0) is 14.3 Å². The highest BCUT2D eigenvalue weighted by atomic mass is 79.9. The van der Waals surface area contributed by atoms with Gasteiger partial charge >= 0.3 is 5.97 Å². The van der Waals surface area contributed by atoms with Gasteiger partial charge in [-0.3, -0.25) is 4.79 Å². The van der Waals surface area contributed by atoms with Gasteiger partial charge in [0.25, 0.3) is 0 Å². The van der Waals surface area contributed by atoms with E-state index in [0.29, 0.717) is 42.0 Å². The number of ether oxygens (including phenoxy) is 3. The van der Waals surface area contributed by atoms with Crippen LogP contribution in [-0.4, -0.2) is 32.6 Å². The van der Waals surface area contributed by atoms with Gasteiger partial charge in [0, 0.05) is 29.3 Å². The zero-order valence-corrected chi connectivity index (χ0v) is 22.0. The number of nitrogens with one attached hydrogen (secondary N) is 1. The minimum atomic E-state index is -0.512. The van der Waals surface area contributed by atoms with Crippen molar-refractivity contribution in [2.45, 2.75) is 44.9 Å². The number of esters is 1. The summed E-state index contributed by atoms with van der Waals surface area (Å²) in [5.74, 6) is 0.634. The number of halogens is 1. The van der Waals surface area contributed by atoms with Crippen LogP contribution in [0.25, 0.3) is 0 Å². The molecular weight excluding hydrogens is 510 g/mol. The van der Waals surface area contributed by atoms with Gasteiger partial charge in [0.05, 0.1) is 30.9 Å². The molecule has 0 amide bonds. The summed E-state index contributed by atoms with van der Waals surface area (Å²) >= 11 is 3.56. The molecule has 0 aromatic heterocycles. The Bertz CT molecular complexity index is 1200. The minimum Gasteiger partial charge on any atom is -0.497 e. The number of allylic oxidation sites excluding steroid dienone is 3. The number of ketones is 1. The number of carbonyl (C=O) groups excluding carboxylic acids is 2. The topological polar surface area (TPSA) is 73.9 Å². The number of rotatable bonds is 7. The van der Waals surface area contributed by atoms with Crippen molar-refractivity contribution < 1.29 is 23.8 Å². The van der Waals surface area contributed by atoms with Crippen LogP contribution < -0.4 is 14.8 Å². The minimum absolute atomic E-state index is 0.0322. The summed E-state index contributed by atoms with van der Waals surface area (Å²) in [6.45, 7) is 4.16. The number of carbonyl (C=O) groups is 2. The highest BCUT2D eigenvalue weighted by Crippen LogP contribution is 2.46. The molecule has 2 aromatic rings. The van der Waals surface area contributed by atoms with E-state index < -0.39 is 11.9 Å². The van der Waals surface area contributed by atoms with Gasteiger partial charge in [-0.1, -0.05) is 25.1 Å². The first-order valence-corrected chi connectivity index (χ1v) is 12.6. The summed E-state index contributed by atoms with van der Waals surface area (Å²) in [4.78, 5) is 26.9. The summed E-state index contributed by atoms with van der Waals surface area (Å²) in [5, 5.41) is 3.39. The van der Waals surface area contributed by atoms with Crippen molar-refractivity contribution in [3.05, 3.63) is 80.6 Å². The fraction of sp³-hybridized carbons (Fsp3) is 0.357. The van der Waals surface area contributed by atoms with Crippen molar-refractivity contribution in [1.29, 1.82) is 0 Å². The molecule has 184 valence electrons. The summed E-state index contributed by atoms with van der Waals surface area (Å²) in [5.41, 5.74) is 4.62. The van der Waals surface area contributed by atoms with E-state index in [1.165, 1.54) is 0 Å². The highest BCUT2D eigenvalue weighted by molar-refractivity contribution is 9.10. The van der Waals surface area contributed by atoms with Crippen LogP contribution in [0.5, 0.6) is 11.5 Å². The standard InChI is InChI=1S/C28H30BrNO5/c1-5-12-35-28(32)25-16(2)30-22-14-19(17-6-9-20(33-3)10-7-17)15-23(31)27(22)26(25)18-8-11-24(34-4)21(29)13-18/h6-11,13,19,26,30H,5,12,14-15H2,1-4H3/t19-,26+/m1/s1. The maximum absolute atomic E-state index is 13.7. The van der Waals surface area contributed by atoms with Crippen LogP contribution in [0.2, 0.25) is 0 Å². The Balaban J connectivity index is 1.77. The Morgan fingerprint density at radius 3 is 2.40 bits per heavy atom. The van der Waals surface area contributed by atoms with Crippen LogP contribution in [0.4, 0.5) is 0 Å². The maximum Gasteiger partial charge on any atom is 0.336 e. The third kappa shape index (κ3) is 5.01. The first kappa shape index (κ1) is 25.0. The van der Waals surface area contributed by atoms with Gasteiger partial charge in [-0.15, -0.1) is 0 Å². The lowest BCUT2D eigenvalue weighted by molar-refractivity contribution is -0.139. The number of hydrogen-bond donors (Lipinski definition) is 1. The smallest absolute Gasteiger partial charge is 0.336 e. The molecule has 35 heavy (non-hydrogen) atoms. The molecule has 0 spiro atoms. The Morgan fingerprint density at radius 2 is 1.77 bits per heavy atom. The van der Waals surface area contributed by atoms with Crippen molar-refractivity contribution in [1.82, 2.24) is 5.32 Å². The Kier molecular flexibility index (Phi) is 7.65. The Morgan fingerprint density at radius 1 is 1.06 bits per heavy atom. The Hall–Kier alpha value is -3.06. The molecule has 0 fully saturated rings. The molecule has 0 unspecified atom stereocenters. The molecule has 0 saturated heterocycles. The van der Waals surface area contributed by atoms with Gasteiger partial charge in [0.2, 0.25) is 0 Å². The second-order valence-electron chi connectivity index (χ2n) is 8.82. The predicted molar refractivity (Wildman–Crippen MR) is 138 cm³/mol. The lowest BCUT2D eigenvalue weighted by Crippen LogP contribution is -2.36. The molecule has 2 aromatic carbocycles. The van der Waals surface area contributed by atoms with Crippen LogP contribution in [0, 0.1) is 0 Å². The van der Waals surface area contributed by atoms with Crippen LogP contribution in [0.15, 0.2) is 69.5 Å². The maximum atomic E-state index is 13.7. The van der Waals surface area contributed by atoms with E-state index >= 15 is 0 Å². The third-order valence-corrected chi connectivity index (χ3v) is 7.20. The van der Waals surface area contributed by atoms with E-state index in [0.717, 1.165) is 33.5 Å². The predicted octanol–water partition coefficient (Wildman–Crippen LogP) is 5.78. The van der Waals surface area contributed by atoms with Crippen molar-refractivity contribution >= 4 is 27.7 Å². The van der Waals surface area contributed by atoms with Gasteiger partial charge in [-0.2, -0.15) is 0 Å². The molecule has 1 aliphatic carbocycles. The monoisotopic (exact) mass is 539 g/mol. The SMILES string of the molecule is CCCOC(=O)C1=C(C)NC2=C(C(=O)C[C@H](c3ccc(OC)cc3)C2)[C@H]1c1ccc(OC)c(Br)c1. The van der Waals surface area contributed by atoms with Gasteiger partial charge in [0.1, 0.15) is 11.5 Å². The van der Waals surface area contributed by atoms with E-state index in [-0.39, 0.29) is 11.7 Å². The van der Waals surface area contributed by atoms with E-state index in [9.17, 15) is 9.59 Å². The molecule has 1 heterocycles. The molecule has 2 aliphatic rings. The van der Waals surface area contributed by atoms with Crippen LogP contribution in [0.3, 0.4) is 0 Å². The summed E-state index contributed by atoms with van der Waals surface area (Å²) < 4.78 is 17.0. The Labute approximate surface area is 214 Å². The average molecular weight is 540 g/mol. The fourth-order valence-electron chi connectivity index (χ4n) is 4.89. The van der Waals surface area contributed by atoms with Gasteiger partial charge in [-0.25, -0.2) is 4.79 Å². The molecule has 0 radical (unpaired) electrons. The number of benzene rings is 2.